The first kappa shape index (κ1) is 13.1. The molecule has 2 rings (SSSR count). The number of aliphatic carboxylic acids is 1. The number of benzene rings is 2. The average molecular weight is 260 g/mol. The Morgan fingerprint density at radius 3 is 2.37 bits per heavy atom. The molecule has 0 aromatic heterocycles. The van der Waals surface area contributed by atoms with Crippen molar-refractivity contribution in [2.75, 3.05) is 0 Å². The maximum absolute atomic E-state index is 14.0. The van der Waals surface area contributed by atoms with Gasteiger partial charge in [0.25, 0.3) is 0 Å². The smallest absolute Gasteiger partial charge is 0.345 e. The maximum atomic E-state index is 14.0. The van der Waals surface area contributed by atoms with Crippen molar-refractivity contribution in [3.8, 4) is 11.5 Å². The van der Waals surface area contributed by atoms with Crippen LogP contribution in [-0.4, -0.2) is 11.1 Å². The molecule has 0 amide bonds. The SMILES string of the molecule is C[C@](F)(C(=O)O)c1cccc(Oc2ccccc2)c1. The van der Waals surface area contributed by atoms with Crippen molar-refractivity contribution in [2.45, 2.75) is 12.6 Å². The highest BCUT2D eigenvalue weighted by atomic mass is 19.1. The maximum Gasteiger partial charge on any atom is 0.345 e. The predicted octanol–water partition coefficient (Wildman–Crippen LogP) is 3.75. The van der Waals surface area contributed by atoms with E-state index in [9.17, 15) is 9.18 Å². The highest BCUT2D eigenvalue weighted by Crippen LogP contribution is 2.30. The van der Waals surface area contributed by atoms with Crippen LogP contribution in [-0.2, 0) is 10.5 Å². The van der Waals surface area contributed by atoms with Gasteiger partial charge in [0.1, 0.15) is 11.5 Å². The zero-order valence-electron chi connectivity index (χ0n) is 10.3. The van der Waals surface area contributed by atoms with Gasteiger partial charge in [-0.15, -0.1) is 0 Å². The monoisotopic (exact) mass is 260 g/mol. The van der Waals surface area contributed by atoms with Crippen LogP contribution in [0.5, 0.6) is 11.5 Å². The molecule has 0 spiro atoms. The van der Waals surface area contributed by atoms with Gasteiger partial charge < -0.3 is 9.84 Å². The molecule has 0 heterocycles. The summed E-state index contributed by atoms with van der Waals surface area (Å²) in [5.74, 6) is -0.520. The van der Waals surface area contributed by atoms with E-state index in [1.54, 1.807) is 24.3 Å². The lowest BCUT2D eigenvalue weighted by Gasteiger charge is -2.16. The summed E-state index contributed by atoms with van der Waals surface area (Å²) in [5.41, 5.74) is -2.38. The molecule has 0 unspecified atom stereocenters. The van der Waals surface area contributed by atoms with Gasteiger partial charge in [-0.05, 0) is 31.2 Å². The van der Waals surface area contributed by atoms with Crippen molar-refractivity contribution < 1.29 is 19.0 Å². The van der Waals surface area contributed by atoms with E-state index in [1.807, 2.05) is 18.2 Å². The summed E-state index contributed by atoms with van der Waals surface area (Å²) in [5, 5.41) is 8.86. The molecule has 2 aromatic rings. The van der Waals surface area contributed by atoms with E-state index in [2.05, 4.69) is 0 Å². The first-order chi connectivity index (χ1) is 9.00. The van der Waals surface area contributed by atoms with Gasteiger partial charge in [0.2, 0.25) is 5.67 Å². The van der Waals surface area contributed by atoms with E-state index in [1.165, 1.54) is 12.1 Å². The van der Waals surface area contributed by atoms with Crippen LogP contribution >= 0.6 is 0 Å². The molecule has 0 aliphatic rings. The lowest BCUT2D eigenvalue weighted by molar-refractivity contribution is -0.150. The van der Waals surface area contributed by atoms with E-state index in [0.29, 0.717) is 11.5 Å². The lowest BCUT2D eigenvalue weighted by Crippen LogP contribution is -2.26. The fraction of sp³-hybridized carbons (Fsp3) is 0.133. The molecule has 0 aliphatic carbocycles. The van der Waals surface area contributed by atoms with Gasteiger partial charge in [-0.3, -0.25) is 0 Å². The lowest BCUT2D eigenvalue weighted by atomic mass is 9.98. The number of ether oxygens (including phenoxy) is 1. The number of halogens is 1. The summed E-state index contributed by atoms with van der Waals surface area (Å²) in [7, 11) is 0. The molecule has 98 valence electrons. The van der Waals surface area contributed by atoms with Crippen LogP contribution in [0.25, 0.3) is 0 Å². The Morgan fingerprint density at radius 1 is 1.11 bits per heavy atom. The van der Waals surface area contributed by atoms with E-state index in [4.69, 9.17) is 9.84 Å². The Kier molecular flexibility index (Phi) is 3.51. The molecule has 0 saturated heterocycles. The zero-order valence-corrected chi connectivity index (χ0v) is 10.3. The fourth-order valence-electron chi connectivity index (χ4n) is 1.60. The minimum atomic E-state index is -2.43. The first-order valence-electron chi connectivity index (χ1n) is 5.76. The Hall–Kier alpha value is -2.36. The average Bonchev–Trinajstić information content (AvgIpc) is 2.40. The van der Waals surface area contributed by atoms with Crippen LogP contribution < -0.4 is 4.74 Å². The van der Waals surface area contributed by atoms with Crippen LogP contribution in [0.2, 0.25) is 0 Å². The topological polar surface area (TPSA) is 46.5 Å². The van der Waals surface area contributed by atoms with Crippen molar-refractivity contribution in [3.63, 3.8) is 0 Å². The van der Waals surface area contributed by atoms with Crippen LogP contribution in [0.15, 0.2) is 54.6 Å². The van der Waals surface area contributed by atoms with Crippen LogP contribution in [0.3, 0.4) is 0 Å². The van der Waals surface area contributed by atoms with E-state index in [-0.39, 0.29) is 5.56 Å². The molecule has 1 N–H and O–H groups in total. The van der Waals surface area contributed by atoms with Crippen LogP contribution in [0.1, 0.15) is 12.5 Å². The molecule has 2 aromatic carbocycles. The summed E-state index contributed by atoms with van der Waals surface area (Å²) in [6.45, 7) is 1.01. The minimum Gasteiger partial charge on any atom is -0.479 e. The van der Waals surface area contributed by atoms with Crippen molar-refractivity contribution in [2.24, 2.45) is 0 Å². The highest BCUT2D eigenvalue weighted by Gasteiger charge is 2.35. The third-order valence-electron chi connectivity index (χ3n) is 2.76. The van der Waals surface area contributed by atoms with Gasteiger partial charge in [0, 0.05) is 5.56 Å². The Balaban J connectivity index is 2.28. The number of alkyl halides is 1. The Labute approximate surface area is 110 Å². The molecule has 4 heteroatoms. The molecule has 0 fully saturated rings. The fourth-order valence-corrected chi connectivity index (χ4v) is 1.60. The second kappa shape index (κ2) is 5.10. The third kappa shape index (κ3) is 2.91. The van der Waals surface area contributed by atoms with Crippen molar-refractivity contribution >= 4 is 5.97 Å². The standard InChI is InChI=1S/C15H13FO3/c1-15(16,14(17)18)11-6-5-9-13(10-11)19-12-7-3-2-4-8-12/h2-10H,1H3,(H,17,18)/t15-/m1/s1. The summed E-state index contributed by atoms with van der Waals surface area (Å²) >= 11 is 0. The minimum absolute atomic E-state index is 0.0495. The molecule has 1 atom stereocenters. The first-order valence-corrected chi connectivity index (χ1v) is 5.76. The quantitative estimate of drug-likeness (QED) is 0.910. The number of rotatable bonds is 4. The molecular weight excluding hydrogens is 247 g/mol. The van der Waals surface area contributed by atoms with Gasteiger partial charge >= 0.3 is 5.97 Å². The van der Waals surface area contributed by atoms with Crippen molar-refractivity contribution in [1.82, 2.24) is 0 Å². The highest BCUT2D eigenvalue weighted by molar-refractivity contribution is 5.78. The number of para-hydroxylation sites is 1. The molecule has 0 aliphatic heterocycles. The summed E-state index contributed by atoms with van der Waals surface area (Å²) in [6, 6.07) is 15.0. The van der Waals surface area contributed by atoms with E-state index >= 15 is 0 Å². The summed E-state index contributed by atoms with van der Waals surface area (Å²) in [4.78, 5) is 10.9. The van der Waals surface area contributed by atoms with Gasteiger partial charge in [0.05, 0.1) is 0 Å². The number of hydrogen-bond donors (Lipinski definition) is 1. The van der Waals surface area contributed by atoms with Crippen LogP contribution in [0, 0.1) is 0 Å². The molecule has 0 saturated carbocycles. The van der Waals surface area contributed by atoms with Crippen molar-refractivity contribution in [1.29, 1.82) is 0 Å². The second-order valence-electron chi connectivity index (χ2n) is 4.25. The second-order valence-corrected chi connectivity index (χ2v) is 4.25. The molecule has 19 heavy (non-hydrogen) atoms. The normalized spacial score (nSPS) is 13.6. The molecule has 0 bridgehead atoms. The Morgan fingerprint density at radius 2 is 1.74 bits per heavy atom. The molecule has 0 radical (unpaired) electrons. The molecular formula is C15H13FO3. The Bertz CT molecular complexity index is 579. The third-order valence-corrected chi connectivity index (χ3v) is 2.76. The summed E-state index contributed by atoms with van der Waals surface area (Å²) < 4.78 is 19.5. The number of carboxylic acid groups (broad SMARTS) is 1. The number of carboxylic acids is 1. The van der Waals surface area contributed by atoms with Gasteiger partial charge in [-0.1, -0.05) is 30.3 Å². The molecule has 3 nitrogen and oxygen atoms in total. The predicted molar refractivity (Wildman–Crippen MR) is 69.1 cm³/mol. The van der Waals surface area contributed by atoms with Crippen LogP contribution in [0.4, 0.5) is 4.39 Å². The number of carbonyl (C=O) groups is 1. The van der Waals surface area contributed by atoms with Crippen molar-refractivity contribution in [3.05, 3.63) is 60.2 Å². The van der Waals surface area contributed by atoms with Gasteiger partial charge in [-0.2, -0.15) is 0 Å². The summed E-state index contributed by atoms with van der Waals surface area (Å²) in [6.07, 6.45) is 0. The van der Waals surface area contributed by atoms with Gasteiger partial charge in [-0.25, -0.2) is 9.18 Å². The van der Waals surface area contributed by atoms with E-state index < -0.39 is 11.6 Å². The largest absolute Gasteiger partial charge is 0.479 e. The van der Waals surface area contributed by atoms with E-state index in [0.717, 1.165) is 6.92 Å². The zero-order chi connectivity index (χ0) is 13.9. The number of hydrogen-bond acceptors (Lipinski definition) is 2. The van der Waals surface area contributed by atoms with Gasteiger partial charge in [0.15, 0.2) is 0 Å².